The minimum absolute atomic E-state index is 0.230. The number of hydrogen-bond acceptors (Lipinski definition) is 4. The van der Waals surface area contributed by atoms with Gasteiger partial charge in [0, 0.05) is 13.0 Å². The predicted molar refractivity (Wildman–Crippen MR) is 67.7 cm³/mol. The van der Waals surface area contributed by atoms with Crippen LogP contribution in [0, 0.1) is 0 Å². The third-order valence-corrected chi connectivity index (χ3v) is 2.95. The molecule has 96 valence electrons. The van der Waals surface area contributed by atoms with E-state index >= 15 is 0 Å². The number of amides is 3. The Morgan fingerprint density at radius 1 is 1.44 bits per heavy atom. The number of nitrogens with two attached hydrogens (primary N) is 1. The second-order valence-electron chi connectivity index (χ2n) is 4.17. The third-order valence-electron chi connectivity index (χ3n) is 2.95. The molecule has 0 aromatic heterocycles. The number of hydrogen-bond donors (Lipinski definition) is 3. The van der Waals surface area contributed by atoms with Crippen molar-refractivity contribution in [2.75, 3.05) is 11.9 Å². The fourth-order valence-electron chi connectivity index (χ4n) is 2.15. The molecule has 0 fully saturated rings. The molecule has 0 unspecified atom stereocenters. The maximum atomic E-state index is 11.8. The summed E-state index contributed by atoms with van der Waals surface area (Å²) in [4.78, 5) is 24.5. The van der Waals surface area contributed by atoms with E-state index in [0.29, 0.717) is 18.5 Å². The number of aryl methyl sites for hydroxylation is 1. The summed E-state index contributed by atoms with van der Waals surface area (Å²) in [7, 11) is 1.87. The summed E-state index contributed by atoms with van der Waals surface area (Å²) in [5.41, 5.74) is 4.73. The van der Waals surface area contributed by atoms with Crippen LogP contribution in [0.2, 0.25) is 0 Å². The Morgan fingerprint density at radius 2 is 2.22 bits per heavy atom. The first kappa shape index (κ1) is 12.5. The van der Waals surface area contributed by atoms with E-state index in [0.717, 1.165) is 22.6 Å². The first-order chi connectivity index (χ1) is 8.67. The Bertz CT molecular complexity index is 487. The van der Waals surface area contributed by atoms with Crippen molar-refractivity contribution in [2.45, 2.75) is 19.4 Å². The third kappa shape index (κ3) is 2.20. The number of carbonyl (C=O) groups is 2. The first-order valence-electron chi connectivity index (χ1n) is 5.77. The molecule has 1 aliphatic rings. The van der Waals surface area contributed by atoms with Crippen LogP contribution in [0.15, 0.2) is 18.2 Å². The summed E-state index contributed by atoms with van der Waals surface area (Å²) >= 11 is 0. The van der Waals surface area contributed by atoms with Gasteiger partial charge in [-0.15, -0.1) is 0 Å². The van der Waals surface area contributed by atoms with Gasteiger partial charge in [0.05, 0.1) is 5.69 Å². The molecular weight excluding hydrogens is 232 g/mol. The van der Waals surface area contributed by atoms with Gasteiger partial charge in [0.1, 0.15) is 0 Å². The minimum atomic E-state index is -0.595. The van der Waals surface area contributed by atoms with E-state index in [1.54, 1.807) is 6.07 Å². The number of anilines is 1. The molecule has 0 radical (unpaired) electrons. The van der Waals surface area contributed by atoms with Gasteiger partial charge in [-0.05, 0) is 30.7 Å². The van der Waals surface area contributed by atoms with Crippen LogP contribution in [0.25, 0.3) is 0 Å². The quantitative estimate of drug-likeness (QED) is 0.398. The van der Waals surface area contributed by atoms with Crippen LogP contribution in [-0.2, 0) is 17.8 Å². The Morgan fingerprint density at radius 3 is 2.89 bits per heavy atom. The van der Waals surface area contributed by atoms with E-state index in [1.807, 2.05) is 24.6 Å². The largest absolute Gasteiger partial charge is 0.342 e. The Kier molecular flexibility index (Phi) is 3.59. The van der Waals surface area contributed by atoms with Gasteiger partial charge in [-0.2, -0.15) is 0 Å². The van der Waals surface area contributed by atoms with Crippen LogP contribution in [0.1, 0.15) is 17.5 Å². The number of nitrogens with one attached hydrogen (secondary N) is 2. The molecule has 3 amide bonds. The van der Waals surface area contributed by atoms with Gasteiger partial charge in [0.2, 0.25) is 5.91 Å². The summed E-state index contributed by atoms with van der Waals surface area (Å²) in [6, 6.07) is 5.09. The molecule has 1 aliphatic heterocycles. The van der Waals surface area contributed by atoms with Gasteiger partial charge >= 0.3 is 6.03 Å². The van der Waals surface area contributed by atoms with Crippen molar-refractivity contribution in [1.29, 1.82) is 0 Å². The van der Waals surface area contributed by atoms with E-state index < -0.39 is 6.03 Å². The van der Waals surface area contributed by atoms with Gasteiger partial charge in [0.25, 0.3) is 0 Å². The van der Waals surface area contributed by atoms with E-state index in [-0.39, 0.29) is 5.91 Å². The lowest BCUT2D eigenvalue weighted by atomic mass is 9.99. The number of benzene rings is 1. The van der Waals surface area contributed by atoms with Crippen molar-refractivity contribution in [3.63, 3.8) is 0 Å². The summed E-state index contributed by atoms with van der Waals surface area (Å²) in [6.45, 7) is 0.754. The second kappa shape index (κ2) is 5.16. The van der Waals surface area contributed by atoms with Crippen LogP contribution in [0.3, 0.4) is 0 Å². The molecule has 0 aliphatic carbocycles. The fourth-order valence-corrected chi connectivity index (χ4v) is 2.15. The van der Waals surface area contributed by atoms with Gasteiger partial charge in [-0.1, -0.05) is 12.1 Å². The van der Waals surface area contributed by atoms with E-state index in [2.05, 4.69) is 5.32 Å². The molecule has 4 N–H and O–H groups in total. The predicted octanol–water partition coefficient (Wildman–Crippen LogP) is 0.269. The van der Waals surface area contributed by atoms with Gasteiger partial charge in [0.15, 0.2) is 0 Å². The van der Waals surface area contributed by atoms with Gasteiger partial charge < -0.3 is 5.32 Å². The lowest BCUT2D eigenvalue weighted by Crippen LogP contribution is -2.48. The maximum Gasteiger partial charge on any atom is 0.342 e. The summed E-state index contributed by atoms with van der Waals surface area (Å²) in [6.07, 6.45) is 0.976. The average molecular weight is 248 g/mol. The normalized spacial score (nSPS) is 14.3. The Hall–Kier alpha value is -1.92. The average Bonchev–Trinajstić information content (AvgIpc) is 2.38. The molecule has 0 bridgehead atoms. The molecular formula is C12H16N4O2. The van der Waals surface area contributed by atoms with Crippen molar-refractivity contribution < 1.29 is 9.59 Å². The zero-order chi connectivity index (χ0) is 13.1. The summed E-state index contributed by atoms with van der Waals surface area (Å²) < 4.78 is 0. The number of hydrazine groups is 1. The second-order valence-corrected chi connectivity index (χ2v) is 4.17. The zero-order valence-corrected chi connectivity index (χ0v) is 10.2. The SMILES string of the molecule is CNCc1ccc2c(c1)CCC(=O)N2C(=O)NN. The Balaban J connectivity index is 2.38. The molecule has 0 saturated carbocycles. The summed E-state index contributed by atoms with van der Waals surface area (Å²) in [5.74, 6) is 4.87. The summed E-state index contributed by atoms with van der Waals surface area (Å²) in [5, 5.41) is 3.06. The highest BCUT2D eigenvalue weighted by atomic mass is 16.2. The van der Waals surface area contributed by atoms with Crippen molar-refractivity contribution >= 4 is 17.6 Å². The molecule has 2 rings (SSSR count). The molecule has 6 nitrogen and oxygen atoms in total. The van der Waals surface area contributed by atoms with E-state index in [4.69, 9.17) is 5.84 Å². The van der Waals surface area contributed by atoms with Crippen molar-refractivity contribution in [3.8, 4) is 0 Å². The molecule has 0 spiro atoms. The maximum absolute atomic E-state index is 11.8. The van der Waals surface area contributed by atoms with E-state index in [9.17, 15) is 9.59 Å². The van der Waals surface area contributed by atoms with Crippen LogP contribution < -0.4 is 21.5 Å². The molecule has 1 heterocycles. The highest BCUT2D eigenvalue weighted by Crippen LogP contribution is 2.28. The standard InChI is InChI=1S/C12H16N4O2/c1-14-7-8-2-4-10-9(6-8)3-5-11(17)16(10)12(18)15-13/h2,4,6,14H,3,5,7,13H2,1H3,(H,15,18). The minimum Gasteiger partial charge on any atom is -0.316 e. The smallest absolute Gasteiger partial charge is 0.316 e. The van der Waals surface area contributed by atoms with Gasteiger partial charge in [-0.3, -0.25) is 10.2 Å². The highest BCUT2D eigenvalue weighted by Gasteiger charge is 2.29. The number of imide groups is 1. The number of rotatable bonds is 2. The molecule has 0 atom stereocenters. The topological polar surface area (TPSA) is 87.5 Å². The van der Waals surface area contributed by atoms with Crippen LogP contribution in [0.5, 0.6) is 0 Å². The van der Waals surface area contributed by atoms with Crippen molar-refractivity contribution in [2.24, 2.45) is 5.84 Å². The van der Waals surface area contributed by atoms with Crippen molar-refractivity contribution in [3.05, 3.63) is 29.3 Å². The first-order valence-corrected chi connectivity index (χ1v) is 5.77. The lowest BCUT2D eigenvalue weighted by Gasteiger charge is -2.27. The molecule has 0 saturated heterocycles. The lowest BCUT2D eigenvalue weighted by molar-refractivity contribution is -0.118. The number of fused-ring (bicyclic) bond motifs is 1. The number of nitrogens with zero attached hydrogens (tertiary/aromatic N) is 1. The number of urea groups is 1. The molecule has 1 aromatic rings. The molecule has 1 aromatic carbocycles. The van der Waals surface area contributed by atoms with Crippen LogP contribution in [0.4, 0.5) is 10.5 Å². The zero-order valence-electron chi connectivity index (χ0n) is 10.2. The van der Waals surface area contributed by atoms with Crippen LogP contribution >= 0.6 is 0 Å². The highest BCUT2D eigenvalue weighted by molar-refractivity contribution is 6.15. The molecule has 18 heavy (non-hydrogen) atoms. The van der Waals surface area contributed by atoms with E-state index in [1.165, 1.54) is 0 Å². The van der Waals surface area contributed by atoms with Crippen LogP contribution in [-0.4, -0.2) is 19.0 Å². The van der Waals surface area contributed by atoms with Crippen molar-refractivity contribution in [1.82, 2.24) is 10.7 Å². The van der Waals surface area contributed by atoms with Gasteiger partial charge in [-0.25, -0.2) is 15.5 Å². The Labute approximate surface area is 105 Å². The number of carbonyl (C=O) groups excluding carboxylic acids is 2. The fraction of sp³-hybridized carbons (Fsp3) is 0.333. The monoisotopic (exact) mass is 248 g/mol. The molecule has 6 heteroatoms.